The molecule has 0 radical (unpaired) electrons. The minimum Gasteiger partial charge on any atom is -0.396 e. The van der Waals surface area contributed by atoms with Crippen LogP contribution < -0.4 is 10.6 Å². The Morgan fingerprint density at radius 2 is 2.21 bits per heavy atom. The van der Waals surface area contributed by atoms with E-state index in [1.165, 1.54) is 15.5 Å². The third-order valence-corrected chi connectivity index (χ3v) is 3.29. The monoisotopic (exact) mass is 271 g/mol. The number of fused-ring (bicyclic) bond motifs is 1. The van der Waals surface area contributed by atoms with Crippen molar-refractivity contribution >= 4 is 17.3 Å². The van der Waals surface area contributed by atoms with Crippen LogP contribution in [0.15, 0.2) is 12.3 Å². The van der Waals surface area contributed by atoms with Gasteiger partial charge in [-0.05, 0) is 12.8 Å². The van der Waals surface area contributed by atoms with Crippen LogP contribution in [0, 0.1) is 5.82 Å². The molecule has 1 aliphatic heterocycles. The second-order valence-electron chi connectivity index (χ2n) is 4.53. The van der Waals surface area contributed by atoms with E-state index in [-0.39, 0.29) is 11.6 Å². The summed E-state index contributed by atoms with van der Waals surface area (Å²) in [5.74, 6) is -0.427. The van der Waals surface area contributed by atoms with Crippen LogP contribution in [0.1, 0.15) is 12.8 Å². The fraction of sp³-hybridized carbons (Fsp3) is 0.455. The smallest absolute Gasteiger partial charge is 0.258 e. The standard InChI is InChI=1S/C11H12F3N5/c12-6-5-19-9(4-7(6)15)16-11(17-19)18-3-1-2-8(18)10(13)14/h4-5,8,10H,1-3,15H2/t8-/m1/s1. The summed E-state index contributed by atoms with van der Waals surface area (Å²) in [6.07, 6.45) is -0.282. The number of anilines is 2. The third-order valence-electron chi connectivity index (χ3n) is 3.29. The molecular weight excluding hydrogens is 259 g/mol. The number of halogens is 3. The minimum absolute atomic E-state index is 0.0433. The number of nitrogen functional groups attached to an aromatic ring is 1. The second kappa shape index (κ2) is 4.29. The molecule has 2 N–H and O–H groups in total. The number of aromatic nitrogens is 3. The predicted octanol–water partition coefficient (Wildman–Crippen LogP) is 1.68. The third kappa shape index (κ3) is 1.96. The minimum atomic E-state index is -2.45. The Balaban J connectivity index is 2.01. The van der Waals surface area contributed by atoms with Gasteiger partial charge in [-0.2, -0.15) is 4.98 Å². The van der Waals surface area contributed by atoms with Gasteiger partial charge >= 0.3 is 0 Å². The van der Waals surface area contributed by atoms with Gasteiger partial charge in [0.05, 0.1) is 17.9 Å². The van der Waals surface area contributed by atoms with Crippen LogP contribution in [0.4, 0.5) is 24.8 Å². The molecule has 1 fully saturated rings. The molecule has 19 heavy (non-hydrogen) atoms. The first-order chi connectivity index (χ1) is 9.06. The largest absolute Gasteiger partial charge is 0.396 e. The maximum Gasteiger partial charge on any atom is 0.258 e. The fourth-order valence-electron chi connectivity index (χ4n) is 2.33. The highest BCUT2D eigenvalue weighted by molar-refractivity contribution is 5.54. The summed E-state index contributed by atoms with van der Waals surface area (Å²) in [5, 5.41) is 4.03. The van der Waals surface area contributed by atoms with Crippen LogP contribution in [-0.2, 0) is 0 Å². The number of hydrogen-bond acceptors (Lipinski definition) is 4. The predicted molar refractivity (Wildman–Crippen MR) is 63.7 cm³/mol. The molecule has 0 amide bonds. The van der Waals surface area contributed by atoms with Crippen LogP contribution >= 0.6 is 0 Å². The zero-order chi connectivity index (χ0) is 13.6. The van der Waals surface area contributed by atoms with Gasteiger partial charge in [-0.3, -0.25) is 0 Å². The molecule has 0 aromatic carbocycles. The molecule has 0 bridgehead atoms. The van der Waals surface area contributed by atoms with E-state index in [2.05, 4.69) is 10.1 Å². The van der Waals surface area contributed by atoms with E-state index in [0.717, 1.165) is 6.20 Å². The van der Waals surface area contributed by atoms with Gasteiger partial charge in [0.1, 0.15) is 0 Å². The van der Waals surface area contributed by atoms with Crippen LogP contribution in [0.2, 0.25) is 0 Å². The van der Waals surface area contributed by atoms with Crippen LogP contribution in [0.25, 0.3) is 5.65 Å². The first-order valence-electron chi connectivity index (χ1n) is 5.92. The van der Waals surface area contributed by atoms with Crippen molar-refractivity contribution in [2.24, 2.45) is 0 Å². The molecule has 8 heteroatoms. The van der Waals surface area contributed by atoms with Gasteiger partial charge < -0.3 is 10.6 Å². The summed E-state index contributed by atoms with van der Waals surface area (Å²) in [4.78, 5) is 5.59. The van der Waals surface area contributed by atoms with Crippen molar-refractivity contribution in [1.82, 2.24) is 14.6 Å². The van der Waals surface area contributed by atoms with Crippen molar-refractivity contribution in [1.29, 1.82) is 0 Å². The van der Waals surface area contributed by atoms with E-state index in [0.29, 0.717) is 25.0 Å². The number of nitrogens with two attached hydrogens (primary N) is 1. The van der Waals surface area contributed by atoms with E-state index in [1.807, 2.05) is 0 Å². The molecule has 0 aliphatic carbocycles. The molecule has 2 aromatic heterocycles. The molecule has 1 saturated heterocycles. The molecule has 0 saturated carbocycles. The number of nitrogens with zero attached hydrogens (tertiary/aromatic N) is 4. The maximum absolute atomic E-state index is 13.3. The van der Waals surface area contributed by atoms with Gasteiger partial charge in [-0.1, -0.05) is 0 Å². The molecule has 3 heterocycles. The Hall–Kier alpha value is -1.99. The van der Waals surface area contributed by atoms with Crippen LogP contribution in [-0.4, -0.2) is 33.6 Å². The Morgan fingerprint density at radius 3 is 2.95 bits per heavy atom. The first-order valence-corrected chi connectivity index (χ1v) is 5.92. The first kappa shape index (κ1) is 12.1. The van der Waals surface area contributed by atoms with Crippen LogP contribution in [0.3, 0.4) is 0 Å². The zero-order valence-corrected chi connectivity index (χ0v) is 9.93. The topological polar surface area (TPSA) is 59.5 Å². The van der Waals surface area contributed by atoms with Crippen molar-refractivity contribution in [3.63, 3.8) is 0 Å². The van der Waals surface area contributed by atoms with E-state index >= 15 is 0 Å². The Bertz CT molecular complexity index is 573. The summed E-state index contributed by atoms with van der Waals surface area (Å²) < 4.78 is 40.3. The second-order valence-corrected chi connectivity index (χ2v) is 4.53. The van der Waals surface area contributed by atoms with Crippen molar-refractivity contribution in [3.05, 3.63) is 18.1 Å². The Kier molecular flexibility index (Phi) is 2.72. The summed E-state index contributed by atoms with van der Waals surface area (Å²) in [5.41, 5.74) is 5.73. The van der Waals surface area contributed by atoms with Gasteiger partial charge in [-0.25, -0.2) is 17.7 Å². The normalized spacial score (nSPS) is 19.8. The molecule has 1 aliphatic rings. The lowest BCUT2D eigenvalue weighted by molar-refractivity contribution is 0.117. The average Bonchev–Trinajstić information content (AvgIpc) is 2.95. The SMILES string of the molecule is Nc1cc2nc(N3CCC[C@@H]3C(F)F)nn2cc1F. The van der Waals surface area contributed by atoms with Gasteiger partial charge in [0.15, 0.2) is 11.5 Å². The van der Waals surface area contributed by atoms with Gasteiger partial charge in [-0.15, -0.1) is 5.10 Å². The van der Waals surface area contributed by atoms with E-state index in [9.17, 15) is 13.2 Å². The lowest BCUT2D eigenvalue weighted by Crippen LogP contribution is -2.35. The highest BCUT2D eigenvalue weighted by Crippen LogP contribution is 2.27. The Morgan fingerprint density at radius 1 is 1.42 bits per heavy atom. The molecule has 3 rings (SSSR count). The van der Waals surface area contributed by atoms with Gasteiger partial charge in [0, 0.05) is 12.6 Å². The summed E-state index contributed by atoms with van der Waals surface area (Å²) in [6.45, 7) is 0.476. The molecule has 0 spiro atoms. The quantitative estimate of drug-likeness (QED) is 0.903. The summed E-state index contributed by atoms with van der Waals surface area (Å²) in [6, 6.07) is 0.457. The van der Waals surface area contributed by atoms with Crippen molar-refractivity contribution in [2.75, 3.05) is 17.2 Å². The van der Waals surface area contributed by atoms with Crippen molar-refractivity contribution in [3.8, 4) is 0 Å². The molecule has 0 unspecified atom stereocenters. The van der Waals surface area contributed by atoms with E-state index in [4.69, 9.17) is 5.73 Å². The average molecular weight is 271 g/mol. The highest BCUT2D eigenvalue weighted by Gasteiger charge is 2.34. The van der Waals surface area contributed by atoms with Crippen LogP contribution in [0.5, 0.6) is 0 Å². The number of pyridine rings is 1. The highest BCUT2D eigenvalue weighted by atomic mass is 19.3. The maximum atomic E-state index is 13.3. The molecule has 2 aromatic rings. The number of alkyl halides is 2. The van der Waals surface area contributed by atoms with Gasteiger partial charge in [0.25, 0.3) is 6.43 Å². The van der Waals surface area contributed by atoms with Gasteiger partial charge in [0.2, 0.25) is 5.95 Å². The molecular formula is C11H12F3N5. The van der Waals surface area contributed by atoms with E-state index in [1.54, 1.807) is 0 Å². The van der Waals surface area contributed by atoms with E-state index < -0.39 is 18.3 Å². The molecule has 5 nitrogen and oxygen atoms in total. The number of rotatable bonds is 2. The fourth-order valence-corrected chi connectivity index (χ4v) is 2.33. The zero-order valence-electron chi connectivity index (χ0n) is 9.93. The Labute approximate surface area is 106 Å². The summed E-state index contributed by atoms with van der Waals surface area (Å²) in [7, 11) is 0. The lowest BCUT2D eigenvalue weighted by atomic mass is 10.2. The summed E-state index contributed by atoms with van der Waals surface area (Å²) >= 11 is 0. The van der Waals surface area contributed by atoms with Crippen molar-refractivity contribution < 1.29 is 13.2 Å². The molecule has 1 atom stereocenters. The van der Waals surface area contributed by atoms with Crippen molar-refractivity contribution in [2.45, 2.75) is 25.3 Å². The number of hydrogen-bond donors (Lipinski definition) is 1. The molecule has 102 valence electrons. The lowest BCUT2D eigenvalue weighted by Gasteiger charge is -2.21.